The van der Waals surface area contributed by atoms with Gasteiger partial charge >= 0.3 is 0 Å². The first-order chi connectivity index (χ1) is 8.17. The molecule has 0 radical (unpaired) electrons. The van der Waals surface area contributed by atoms with Gasteiger partial charge in [-0.15, -0.1) is 0 Å². The van der Waals surface area contributed by atoms with Crippen molar-refractivity contribution in [1.82, 2.24) is 9.97 Å². The third kappa shape index (κ3) is 2.25. The fraction of sp³-hybridized carbons (Fsp3) is 0.636. The van der Waals surface area contributed by atoms with Crippen LogP contribution in [0.3, 0.4) is 0 Å². The van der Waals surface area contributed by atoms with E-state index in [1.165, 1.54) is 0 Å². The van der Waals surface area contributed by atoms with Crippen molar-refractivity contribution >= 4 is 28.4 Å². The Morgan fingerprint density at radius 2 is 2.24 bits per heavy atom. The predicted octanol–water partition coefficient (Wildman–Crippen LogP) is 0.995. The second kappa shape index (κ2) is 4.33. The predicted molar refractivity (Wildman–Crippen MR) is 71.2 cm³/mol. The van der Waals surface area contributed by atoms with Crippen molar-refractivity contribution in [3.8, 4) is 0 Å². The Balaban J connectivity index is 1.83. The standard InChI is InChI=1S/C11H14IN3O2/c1-8-13-9(12)4-10(14-8)15-2-3-17-11(5-15)6-16-7-11/h4H,2-3,5-7H2,1H3. The van der Waals surface area contributed by atoms with Crippen molar-refractivity contribution in [3.05, 3.63) is 15.6 Å². The fourth-order valence-corrected chi connectivity index (χ4v) is 2.85. The molecule has 2 fully saturated rings. The lowest BCUT2D eigenvalue weighted by molar-refractivity contribution is -0.211. The number of anilines is 1. The monoisotopic (exact) mass is 347 g/mol. The van der Waals surface area contributed by atoms with E-state index in [1.54, 1.807) is 0 Å². The zero-order valence-electron chi connectivity index (χ0n) is 9.65. The van der Waals surface area contributed by atoms with Gasteiger partial charge in [-0.05, 0) is 29.5 Å². The van der Waals surface area contributed by atoms with Crippen molar-refractivity contribution < 1.29 is 9.47 Å². The Labute approximate surface area is 114 Å². The van der Waals surface area contributed by atoms with Gasteiger partial charge < -0.3 is 14.4 Å². The number of rotatable bonds is 1. The minimum absolute atomic E-state index is 0.0947. The Kier molecular flexibility index (Phi) is 2.95. The molecule has 3 heterocycles. The zero-order chi connectivity index (χ0) is 11.9. The lowest BCUT2D eigenvalue weighted by Gasteiger charge is -2.48. The SMILES string of the molecule is Cc1nc(I)cc(N2CCOC3(COC3)C2)n1. The molecule has 17 heavy (non-hydrogen) atoms. The molecule has 1 aromatic rings. The Hall–Kier alpha value is -0.470. The molecule has 0 unspecified atom stereocenters. The van der Waals surface area contributed by atoms with E-state index in [4.69, 9.17) is 9.47 Å². The summed E-state index contributed by atoms with van der Waals surface area (Å²) in [4.78, 5) is 11.1. The molecule has 0 aliphatic carbocycles. The van der Waals surface area contributed by atoms with Crippen molar-refractivity contribution in [3.63, 3.8) is 0 Å². The van der Waals surface area contributed by atoms with Gasteiger partial charge in [-0.25, -0.2) is 9.97 Å². The van der Waals surface area contributed by atoms with Crippen LogP contribution in [0, 0.1) is 10.6 Å². The highest BCUT2D eigenvalue weighted by Crippen LogP contribution is 2.28. The summed E-state index contributed by atoms with van der Waals surface area (Å²) in [5.74, 6) is 1.81. The Morgan fingerprint density at radius 3 is 2.88 bits per heavy atom. The summed E-state index contributed by atoms with van der Waals surface area (Å²) < 4.78 is 12.0. The van der Waals surface area contributed by atoms with Gasteiger partial charge in [-0.2, -0.15) is 0 Å². The summed E-state index contributed by atoms with van der Waals surface area (Å²) in [6.45, 7) is 5.81. The maximum absolute atomic E-state index is 5.80. The number of nitrogens with zero attached hydrogens (tertiary/aromatic N) is 3. The van der Waals surface area contributed by atoms with Crippen LogP contribution in [-0.2, 0) is 9.47 Å². The summed E-state index contributed by atoms with van der Waals surface area (Å²) in [6.07, 6.45) is 0. The van der Waals surface area contributed by atoms with Gasteiger partial charge in [0.15, 0.2) is 0 Å². The van der Waals surface area contributed by atoms with Crippen LogP contribution in [0.25, 0.3) is 0 Å². The molecule has 3 rings (SSSR count). The third-order valence-electron chi connectivity index (χ3n) is 3.10. The van der Waals surface area contributed by atoms with Gasteiger partial charge in [0, 0.05) is 12.6 Å². The van der Waals surface area contributed by atoms with E-state index in [2.05, 4.69) is 37.5 Å². The molecule has 2 aliphatic heterocycles. The minimum atomic E-state index is -0.0947. The number of morpholine rings is 1. The second-order valence-electron chi connectivity index (χ2n) is 4.54. The molecule has 0 amide bonds. The minimum Gasteiger partial charge on any atom is -0.375 e. The molecular weight excluding hydrogens is 333 g/mol. The first-order valence-electron chi connectivity index (χ1n) is 5.65. The zero-order valence-corrected chi connectivity index (χ0v) is 11.8. The number of halogens is 1. The molecule has 92 valence electrons. The lowest BCUT2D eigenvalue weighted by Crippen LogP contribution is -2.63. The quantitative estimate of drug-likeness (QED) is 0.560. The average Bonchev–Trinajstić information content (AvgIpc) is 2.26. The number of aryl methyl sites for hydroxylation is 1. The van der Waals surface area contributed by atoms with Crippen LogP contribution in [0.2, 0.25) is 0 Å². The highest BCUT2D eigenvalue weighted by molar-refractivity contribution is 14.1. The van der Waals surface area contributed by atoms with E-state index in [1.807, 2.05) is 13.0 Å². The lowest BCUT2D eigenvalue weighted by atomic mass is 10.00. The Morgan fingerprint density at radius 1 is 1.41 bits per heavy atom. The number of aromatic nitrogens is 2. The third-order valence-corrected chi connectivity index (χ3v) is 3.65. The van der Waals surface area contributed by atoms with Gasteiger partial charge in [-0.3, -0.25) is 0 Å². The molecule has 0 N–H and O–H groups in total. The molecule has 0 bridgehead atoms. The first kappa shape index (κ1) is 11.6. The summed E-state index contributed by atoms with van der Waals surface area (Å²) >= 11 is 2.23. The molecule has 2 saturated heterocycles. The van der Waals surface area contributed by atoms with Gasteiger partial charge in [0.2, 0.25) is 0 Å². The van der Waals surface area contributed by atoms with Crippen molar-refractivity contribution in [2.75, 3.05) is 37.8 Å². The van der Waals surface area contributed by atoms with Gasteiger partial charge in [-0.1, -0.05) is 0 Å². The van der Waals surface area contributed by atoms with Gasteiger partial charge in [0.05, 0.1) is 26.4 Å². The largest absolute Gasteiger partial charge is 0.375 e. The maximum atomic E-state index is 5.80. The van der Waals surface area contributed by atoms with Gasteiger partial charge in [0.1, 0.15) is 20.9 Å². The van der Waals surface area contributed by atoms with Crippen molar-refractivity contribution in [2.24, 2.45) is 0 Å². The van der Waals surface area contributed by atoms with Crippen LogP contribution in [-0.4, -0.2) is 48.5 Å². The van der Waals surface area contributed by atoms with Crippen LogP contribution in [0.4, 0.5) is 5.82 Å². The van der Waals surface area contributed by atoms with Crippen molar-refractivity contribution in [1.29, 1.82) is 0 Å². The number of hydrogen-bond acceptors (Lipinski definition) is 5. The topological polar surface area (TPSA) is 47.5 Å². The highest BCUT2D eigenvalue weighted by Gasteiger charge is 2.44. The van der Waals surface area contributed by atoms with Gasteiger partial charge in [0.25, 0.3) is 0 Å². The molecule has 1 aromatic heterocycles. The molecule has 0 saturated carbocycles. The molecule has 6 heteroatoms. The van der Waals surface area contributed by atoms with Crippen LogP contribution in [0.5, 0.6) is 0 Å². The van der Waals surface area contributed by atoms with E-state index in [0.29, 0.717) is 13.2 Å². The molecular formula is C11H14IN3O2. The molecule has 5 nitrogen and oxygen atoms in total. The van der Waals surface area contributed by atoms with E-state index in [-0.39, 0.29) is 5.60 Å². The number of ether oxygens (including phenoxy) is 2. The van der Waals surface area contributed by atoms with E-state index in [0.717, 1.165) is 35.0 Å². The normalized spacial score (nSPS) is 22.6. The van der Waals surface area contributed by atoms with Crippen LogP contribution < -0.4 is 4.90 Å². The van der Waals surface area contributed by atoms with Crippen LogP contribution in [0.15, 0.2) is 6.07 Å². The van der Waals surface area contributed by atoms with Crippen molar-refractivity contribution in [2.45, 2.75) is 12.5 Å². The second-order valence-corrected chi connectivity index (χ2v) is 5.65. The highest BCUT2D eigenvalue weighted by atomic mass is 127. The van der Waals surface area contributed by atoms with E-state index < -0.39 is 0 Å². The molecule has 2 aliphatic rings. The van der Waals surface area contributed by atoms with E-state index >= 15 is 0 Å². The maximum Gasteiger partial charge on any atom is 0.133 e. The summed E-state index contributed by atoms with van der Waals surface area (Å²) in [5, 5.41) is 0. The number of hydrogen-bond donors (Lipinski definition) is 0. The summed E-state index contributed by atoms with van der Waals surface area (Å²) in [7, 11) is 0. The summed E-state index contributed by atoms with van der Waals surface area (Å²) in [5.41, 5.74) is -0.0947. The van der Waals surface area contributed by atoms with Crippen LogP contribution in [0.1, 0.15) is 5.82 Å². The first-order valence-corrected chi connectivity index (χ1v) is 6.73. The van der Waals surface area contributed by atoms with E-state index in [9.17, 15) is 0 Å². The molecule has 0 aromatic carbocycles. The molecule has 0 atom stereocenters. The molecule has 1 spiro atoms. The average molecular weight is 347 g/mol. The Bertz CT molecular complexity index is 416. The van der Waals surface area contributed by atoms with Crippen LogP contribution >= 0.6 is 22.6 Å². The summed E-state index contributed by atoms with van der Waals surface area (Å²) in [6, 6.07) is 2.02. The smallest absolute Gasteiger partial charge is 0.133 e. The fourth-order valence-electron chi connectivity index (χ4n) is 2.22.